The van der Waals surface area contributed by atoms with Crippen LogP contribution in [-0.4, -0.2) is 10.6 Å². The van der Waals surface area contributed by atoms with Gasteiger partial charge in [0.2, 0.25) is 0 Å². The monoisotopic (exact) mass is 702 g/mol. The summed E-state index contributed by atoms with van der Waals surface area (Å²) in [5.41, 5.74) is 19.4. The van der Waals surface area contributed by atoms with Crippen molar-refractivity contribution in [3.63, 3.8) is 0 Å². The second kappa shape index (κ2) is 11.7. The van der Waals surface area contributed by atoms with E-state index in [0.717, 1.165) is 0 Å². The Labute approximate surface area is 320 Å². The molecule has 4 aliphatic rings. The highest BCUT2D eigenvalue weighted by Crippen LogP contribution is 2.53. The van der Waals surface area contributed by atoms with E-state index in [1.807, 2.05) is 0 Å². The SMILES string of the molecule is CC1(C)c2cc(-c3ccc4c(c3)c3cccc5c3n4-c3ccccc3C5(C)C)ccc2-c2ccc(N(C3CCCCC3)C3CCCc4ccccc43)cc21. The Morgan fingerprint density at radius 1 is 0.556 bits per heavy atom. The Kier molecular flexibility index (Phi) is 7.02. The third-order valence-corrected chi connectivity index (χ3v) is 14.2. The van der Waals surface area contributed by atoms with Crippen LogP contribution in [0.2, 0.25) is 0 Å². The summed E-state index contributed by atoms with van der Waals surface area (Å²) in [6.45, 7) is 9.67. The van der Waals surface area contributed by atoms with Gasteiger partial charge in [-0.15, -0.1) is 0 Å². The summed E-state index contributed by atoms with van der Waals surface area (Å²) in [5.74, 6) is 0. The largest absolute Gasteiger partial charge is 0.361 e. The van der Waals surface area contributed by atoms with Gasteiger partial charge in [-0.25, -0.2) is 0 Å². The molecule has 1 aromatic heterocycles. The van der Waals surface area contributed by atoms with Crippen molar-refractivity contribution < 1.29 is 0 Å². The van der Waals surface area contributed by atoms with E-state index in [2.05, 4.69) is 158 Å². The maximum absolute atomic E-state index is 2.88. The number of benzene rings is 6. The summed E-state index contributed by atoms with van der Waals surface area (Å²) in [4.78, 5) is 2.88. The number of hydrogen-bond donors (Lipinski definition) is 0. The lowest BCUT2D eigenvalue weighted by molar-refractivity contribution is 0.372. The number of nitrogens with zero attached hydrogens (tertiary/aromatic N) is 2. The fraction of sp³-hybridized carbons (Fsp3) is 0.308. The number of anilines is 1. The number of aromatic nitrogens is 1. The van der Waals surface area contributed by atoms with Crippen molar-refractivity contribution in [1.29, 1.82) is 0 Å². The summed E-state index contributed by atoms with van der Waals surface area (Å²) in [6.07, 6.45) is 10.4. The molecule has 0 bridgehead atoms. The van der Waals surface area contributed by atoms with E-state index in [0.29, 0.717) is 12.1 Å². The summed E-state index contributed by atoms with van der Waals surface area (Å²) >= 11 is 0. The van der Waals surface area contributed by atoms with E-state index in [-0.39, 0.29) is 10.8 Å². The highest BCUT2D eigenvalue weighted by Gasteiger charge is 2.39. The van der Waals surface area contributed by atoms with Gasteiger partial charge >= 0.3 is 0 Å². The van der Waals surface area contributed by atoms with Crippen LogP contribution in [0, 0.1) is 0 Å². The van der Waals surface area contributed by atoms with Gasteiger partial charge in [0.15, 0.2) is 0 Å². The van der Waals surface area contributed by atoms with Crippen LogP contribution in [0.4, 0.5) is 5.69 Å². The third kappa shape index (κ3) is 4.52. The molecule has 1 saturated carbocycles. The first kappa shape index (κ1) is 32.4. The standard InChI is InChI=1S/C52H50N2/c1-51(2)43-20-10-11-22-49(43)54-48-29-25-34(30-42(48)41-19-13-21-44(51)50(41)54)35-24-27-39-40-28-26-37(32-46(40)52(3,4)45(39)31-35)53(36-16-6-5-7-17-36)47-23-12-15-33-14-8-9-18-38(33)47/h8-11,13-14,18-22,24-32,36,47H,5-7,12,15-17,23H2,1-4H3. The highest BCUT2D eigenvalue weighted by atomic mass is 15.2. The average molecular weight is 703 g/mol. The molecule has 0 spiro atoms. The molecule has 11 rings (SSSR count). The van der Waals surface area contributed by atoms with Crippen molar-refractivity contribution in [3.05, 3.63) is 155 Å². The maximum Gasteiger partial charge on any atom is 0.0582 e. The van der Waals surface area contributed by atoms with Crippen LogP contribution >= 0.6 is 0 Å². The zero-order chi connectivity index (χ0) is 36.3. The molecule has 2 heterocycles. The molecule has 0 amide bonds. The molecule has 1 unspecified atom stereocenters. The summed E-state index contributed by atoms with van der Waals surface area (Å²) in [5, 5.41) is 2.67. The first-order valence-electron chi connectivity index (χ1n) is 20.6. The van der Waals surface area contributed by atoms with Crippen molar-refractivity contribution in [3.8, 4) is 27.9 Å². The highest BCUT2D eigenvalue weighted by molar-refractivity contribution is 6.12. The number of para-hydroxylation sites is 2. The molecular formula is C52H50N2. The van der Waals surface area contributed by atoms with Crippen LogP contribution in [0.25, 0.3) is 49.7 Å². The number of hydrogen-bond acceptors (Lipinski definition) is 1. The maximum atomic E-state index is 2.88. The smallest absolute Gasteiger partial charge is 0.0582 e. The molecule has 2 heteroatoms. The lowest BCUT2D eigenvalue weighted by Crippen LogP contribution is -2.41. The van der Waals surface area contributed by atoms with E-state index < -0.39 is 0 Å². The average Bonchev–Trinajstić information content (AvgIpc) is 3.65. The Morgan fingerprint density at radius 2 is 1.26 bits per heavy atom. The van der Waals surface area contributed by atoms with Gasteiger partial charge in [0, 0.05) is 33.3 Å². The zero-order valence-corrected chi connectivity index (χ0v) is 32.3. The van der Waals surface area contributed by atoms with Crippen molar-refractivity contribution in [2.75, 3.05) is 4.90 Å². The van der Waals surface area contributed by atoms with Gasteiger partial charge in [-0.05, 0) is 124 Å². The minimum atomic E-state index is -0.0948. The van der Waals surface area contributed by atoms with E-state index in [4.69, 9.17) is 0 Å². The van der Waals surface area contributed by atoms with Crippen LogP contribution in [0.5, 0.6) is 0 Å². The van der Waals surface area contributed by atoms with Gasteiger partial charge in [0.25, 0.3) is 0 Å². The van der Waals surface area contributed by atoms with Crippen LogP contribution in [0.15, 0.2) is 121 Å². The Hall–Kier alpha value is -5.08. The zero-order valence-electron chi connectivity index (χ0n) is 32.3. The second-order valence-electron chi connectivity index (χ2n) is 17.8. The molecule has 268 valence electrons. The van der Waals surface area contributed by atoms with Gasteiger partial charge in [-0.1, -0.05) is 132 Å². The van der Waals surface area contributed by atoms with Crippen LogP contribution in [-0.2, 0) is 17.3 Å². The summed E-state index contributed by atoms with van der Waals surface area (Å²) in [7, 11) is 0. The lowest BCUT2D eigenvalue weighted by Gasteiger charge is -2.44. The molecule has 2 nitrogen and oxygen atoms in total. The van der Waals surface area contributed by atoms with Crippen LogP contribution < -0.4 is 4.90 Å². The fourth-order valence-corrected chi connectivity index (χ4v) is 11.4. The minimum absolute atomic E-state index is 0.0575. The molecule has 0 N–H and O–H groups in total. The molecule has 0 radical (unpaired) electrons. The van der Waals surface area contributed by atoms with Crippen molar-refractivity contribution in [2.45, 2.75) is 102 Å². The van der Waals surface area contributed by atoms with Gasteiger partial charge in [0.05, 0.1) is 22.8 Å². The molecule has 3 aliphatic carbocycles. The Bertz CT molecular complexity index is 2640. The third-order valence-electron chi connectivity index (χ3n) is 14.2. The molecule has 7 aromatic rings. The predicted octanol–water partition coefficient (Wildman–Crippen LogP) is 13.6. The van der Waals surface area contributed by atoms with Crippen LogP contribution in [0.3, 0.4) is 0 Å². The van der Waals surface area contributed by atoms with Crippen LogP contribution in [0.1, 0.15) is 112 Å². The minimum Gasteiger partial charge on any atom is -0.361 e. The van der Waals surface area contributed by atoms with Gasteiger partial charge in [-0.3, -0.25) is 0 Å². The normalized spacial score (nSPS) is 19.3. The molecule has 1 fully saturated rings. The summed E-state index contributed by atoms with van der Waals surface area (Å²) < 4.78 is 2.52. The quantitative estimate of drug-likeness (QED) is 0.177. The molecule has 6 aromatic carbocycles. The van der Waals surface area contributed by atoms with E-state index in [1.54, 1.807) is 11.1 Å². The van der Waals surface area contributed by atoms with Gasteiger partial charge in [0.1, 0.15) is 0 Å². The topological polar surface area (TPSA) is 8.17 Å². The molecule has 1 atom stereocenters. The predicted molar refractivity (Wildman–Crippen MR) is 227 cm³/mol. The Morgan fingerprint density at radius 3 is 2.13 bits per heavy atom. The van der Waals surface area contributed by atoms with Crippen molar-refractivity contribution >= 4 is 27.5 Å². The molecular weight excluding hydrogens is 653 g/mol. The van der Waals surface area contributed by atoms with E-state index in [9.17, 15) is 0 Å². The first-order chi connectivity index (χ1) is 26.3. The number of rotatable bonds is 4. The number of aryl methyl sites for hydroxylation is 1. The molecule has 1 aliphatic heterocycles. The summed E-state index contributed by atoms with van der Waals surface area (Å²) in [6, 6.07) is 48.3. The number of fused-ring (bicyclic) bond motifs is 9. The van der Waals surface area contributed by atoms with Gasteiger partial charge in [-0.2, -0.15) is 0 Å². The first-order valence-corrected chi connectivity index (χ1v) is 20.6. The lowest BCUT2D eigenvalue weighted by atomic mass is 9.75. The molecule has 54 heavy (non-hydrogen) atoms. The van der Waals surface area contributed by atoms with Crippen molar-refractivity contribution in [1.82, 2.24) is 4.57 Å². The second-order valence-corrected chi connectivity index (χ2v) is 17.8. The van der Waals surface area contributed by atoms with E-state index >= 15 is 0 Å². The van der Waals surface area contributed by atoms with Crippen molar-refractivity contribution in [2.24, 2.45) is 0 Å². The van der Waals surface area contributed by atoms with Gasteiger partial charge < -0.3 is 9.47 Å². The van der Waals surface area contributed by atoms with E-state index in [1.165, 1.54) is 129 Å². The fourth-order valence-electron chi connectivity index (χ4n) is 11.4. The molecule has 0 saturated heterocycles. The Balaban J connectivity index is 1.00.